The van der Waals surface area contributed by atoms with Crippen LogP contribution < -0.4 is 15.4 Å². The third-order valence-corrected chi connectivity index (χ3v) is 6.62. The number of halogens is 3. The van der Waals surface area contributed by atoms with Crippen LogP contribution in [0.5, 0.6) is 0 Å². The van der Waals surface area contributed by atoms with Gasteiger partial charge in [0.1, 0.15) is 17.5 Å². The van der Waals surface area contributed by atoms with Gasteiger partial charge in [0.2, 0.25) is 10.0 Å². The highest BCUT2D eigenvalue weighted by Gasteiger charge is 2.34. The average Bonchev–Trinajstić information content (AvgIpc) is 2.77. The van der Waals surface area contributed by atoms with E-state index in [2.05, 4.69) is 15.4 Å². The minimum absolute atomic E-state index is 0.144. The van der Waals surface area contributed by atoms with E-state index in [9.17, 15) is 31.5 Å². The quantitative estimate of drug-likeness (QED) is 0.457. The van der Waals surface area contributed by atoms with Crippen molar-refractivity contribution < 1.29 is 36.2 Å². The molecule has 0 radical (unpaired) electrons. The minimum atomic E-state index is -4.01. The first-order chi connectivity index (χ1) is 15.7. The third-order valence-electron chi connectivity index (χ3n) is 5.14. The summed E-state index contributed by atoms with van der Waals surface area (Å²) >= 11 is 0. The van der Waals surface area contributed by atoms with Crippen LogP contribution in [0.1, 0.15) is 19.3 Å². The van der Waals surface area contributed by atoms with Crippen molar-refractivity contribution in [1.29, 1.82) is 0 Å². The van der Waals surface area contributed by atoms with Crippen molar-refractivity contribution in [2.24, 2.45) is 0 Å². The smallest absolute Gasteiger partial charge is 0.319 e. The molecule has 4 N–H and O–H groups in total. The van der Waals surface area contributed by atoms with E-state index in [1.165, 1.54) is 12.1 Å². The zero-order valence-electron chi connectivity index (χ0n) is 17.4. The monoisotopic (exact) mass is 487 g/mol. The molecule has 12 heteroatoms. The molecule has 2 amide bonds. The van der Waals surface area contributed by atoms with Crippen molar-refractivity contribution in [1.82, 2.24) is 10.0 Å². The second-order valence-corrected chi connectivity index (χ2v) is 9.25. The van der Waals surface area contributed by atoms with E-state index in [-0.39, 0.29) is 23.2 Å². The molecule has 2 aromatic rings. The van der Waals surface area contributed by atoms with Gasteiger partial charge in [-0.25, -0.2) is 31.1 Å². The Morgan fingerprint density at radius 2 is 1.85 bits per heavy atom. The van der Waals surface area contributed by atoms with E-state index in [0.717, 1.165) is 30.3 Å². The minimum Gasteiger partial charge on any atom is -0.394 e. The lowest BCUT2D eigenvalue weighted by Gasteiger charge is -2.36. The molecule has 3 rings (SSSR count). The largest absolute Gasteiger partial charge is 0.394 e. The van der Waals surface area contributed by atoms with E-state index >= 15 is 0 Å². The number of rotatable bonds is 8. The van der Waals surface area contributed by atoms with Crippen molar-refractivity contribution in [3.63, 3.8) is 0 Å². The molecule has 0 aliphatic carbocycles. The van der Waals surface area contributed by atoms with Gasteiger partial charge in [-0.3, -0.25) is 0 Å². The Morgan fingerprint density at radius 1 is 1.09 bits per heavy atom. The van der Waals surface area contributed by atoms with Crippen LogP contribution in [0.4, 0.5) is 23.7 Å². The number of carbonyl (C=O) groups excluding carboxylic acids is 1. The molecule has 0 spiro atoms. The zero-order chi connectivity index (χ0) is 24.0. The number of carbonyl (C=O) groups is 1. The van der Waals surface area contributed by atoms with E-state index < -0.39 is 52.3 Å². The summed E-state index contributed by atoms with van der Waals surface area (Å²) in [5.41, 5.74) is -0.296. The molecule has 0 unspecified atom stereocenters. The number of sulfonamides is 1. The summed E-state index contributed by atoms with van der Waals surface area (Å²) in [6.45, 7) is -0.301. The Bertz CT molecular complexity index is 1090. The number of ether oxygens (including phenoxy) is 1. The number of benzene rings is 2. The number of aliphatic hydroxyl groups excluding tert-OH is 1. The molecule has 33 heavy (non-hydrogen) atoms. The van der Waals surface area contributed by atoms with Gasteiger partial charge >= 0.3 is 6.03 Å². The lowest BCUT2D eigenvalue weighted by molar-refractivity contribution is -0.0871. The lowest BCUT2D eigenvalue weighted by atomic mass is 9.98. The highest BCUT2D eigenvalue weighted by Crippen LogP contribution is 2.23. The SMILES string of the molecule is O=C(NCC[C@@H]1CC[C@@H](NS(=O)(=O)c2cccc(F)c2)[C@@H](CO)O1)Nc1cc(F)ccc1F. The summed E-state index contributed by atoms with van der Waals surface area (Å²) < 4.78 is 73.4. The van der Waals surface area contributed by atoms with Crippen molar-refractivity contribution in [3.8, 4) is 0 Å². The molecular formula is C21H24F3N3O5S. The van der Waals surface area contributed by atoms with Gasteiger partial charge in [0.15, 0.2) is 0 Å². The van der Waals surface area contributed by atoms with E-state index in [1.54, 1.807) is 0 Å². The molecule has 1 saturated heterocycles. The van der Waals surface area contributed by atoms with Gasteiger partial charge in [0, 0.05) is 12.6 Å². The first-order valence-electron chi connectivity index (χ1n) is 10.2. The molecule has 180 valence electrons. The molecular weight excluding hydrogens is 463 g/mol. The molecule has 1 heterocycles. The van der Waals surface area contributed by atoms with Crippen LogP contribution in [0.2, 0.25) is 0 Å². The summed E-state index contributed by atoms with van der Waals surface area (Å²) in [5, 5.41) is 14.4. The summed E-state index contributed by atoms with van der Waals surface area (Å²) in [5.74, 6) is -2.16. The zero-order valence-corrected chi connectivity index (χ0v) is 18.2. The fourth-order valence-electron chi connectivity index (χ4n) is 3.49. The third kappa shape index (κ3) is 6.90. The van der Waals surface area contributed by atoms with Crippen LogP contribution in [0.25, 0.3) is 0 Å². The molecule has 0 aromatic heterocycles. The number of aliphatic hydroxyl groups is 1. The second kappa shape index (κ2) is 11.0. The van der Waals surface area contributed by atoms with Gasteiger partial charge in [0.05, 0.1) is 35.4 Å². The van der Waals surface area contributed by atoms with Gasteiger partial charge in [-0.15, -0.1) is 0 Å². The Balaban J connectivity index is 1.48. The van der Waals surface area contributed by atoms with Gasteiger partial charge in [-0.05, 0) is 49.6 Å². The van der Waals surface area contributed by atoms with Crippen molar-refractivity contribution >= 4 is 21.7 Å². The molecule has 0 saturated carbocycles. The second-order valence-electron chi connectivity index (χ2n) is 7.54. The maximum Gasteiger partial charge on any atom is 0.319 e. The standard InChI is InChI=1S/C21H24F3N3O5S/c22-13-2-1-3-16(10-13)33(30,31)27-18-7-5-15(32-20(18)12-28)8-9-25-21(29)26-19-11-14(23)4-6-17(19)24/h1-4,6,10-11,15,18,20,27-28H,5,7-9,12H2,(H2,25,26,29)/t15-,18+,20+/m0/s1. The Hall–Kier alpha value is -2.67. The number of hydrogen-bond acceptors (Lipinski definition) is 5. The average molecular weight is 488 g/mol. The maximum absolute atomic E-state index is 13.6. The van der Waals surface area contributed by atoms with E-state index in [1.807, 2.05) is 0 Å². The maximum atomic E-state index is 13.6. The predicted molar refractivity (Wildman–Crippen MR) is 113 cm³/mol. The summed E-state index contributed by atoms with van der Waals surface area (Å²) in [4.78, 5) is 11.7. The molecule has 1 aliphatic heterocycles. The lowest BCUT2D eigenvalue weighted by Crippen LogP contribution is -2.51. The summed E-state index contributed by atoms with van der Waals surface area (Å²) in [6.07, 6.45) is -0.0655. The topological polar surface area (TPSA) is 117 Å². The first-order valence-corrected chi connectivity index (χ1v) is 11.7. The fourth-order valence-corrected chi connectivity index (χ4v) is 4.82. The summed E-state index contributed by atoms with van der Waals surface area (Å²) in [7, 11) is -4.01. The highest BCUT2D eigenvalue weighted by atomic mass is 32.2. The normalized spacial score (nSPS) is 20.9. The molecule has 2 aromatic carbocycles. The number of nitrogens with one attached hydrogen (secondary N) is 3. The van der Waals surface area contributed by atoms with Gasteiger partial charge < -0.3 is 20.5 Å². The van der Waals surface area contributed by atoms with Crippen molar-refractivity contribution in [3.05, 3.63) is 59.9 Å². The molecule has 0 bridgehead atoms. The number of amides is 2. The van der Waals surface area contributed by atoms with Crippen molar-refractivity contribution in [2.45, 2.75) is 42.4 Å². The number of hydrogen-bond donors (Lipinski definition) is 4. The Labute approximate surface area is 189 Å². The first kappa shape index (κ1) is 25.0. The molecule has 1 fully saturated rings. The number of urea groups is 1. The van der Waals surface area contributed by atoms with Crippen LogP contribution >= 0.6 is 0 Å². The van der Waals surface area contributed by atoms with E-state index in [4.69, 9.17) is 4.74 Å². The van der Waals surface area contributed by atoms with Gasteiger partial charge in [0.25, 0.3) is 0 Å². The van der Waals surface area contributed by atoms with Crippen LogP contribution in [0, 0.1) is 17.5 Å². The molecule has 8 nitrogen and oxygen atoms in total. The number of anilines is 1. The highest BCUT2D eigenvalue weighted by molar-refractivity contribution is 7.89. The van der Waals surface area contributed by atoms with Gasteiger partial charge in [-0.1, -0.05) is 6.07 Å². The van der Waals surface area contributed by atoms with Crippen LogP contribution in [0.3, 0.4) is 0 Å². The predicted octanol–water partition coefficient (Wildman–Crippen LogP) is 2.50. The summed E-state index contributed by atoms with van der Waals surface area (Å²) in [6, 6.07) is 5.82. The Kier molecular flexibility index (Phi) is 8.30. The molecule has 3 atom stereocenters. The van der Waals surface area contributed by atoms with Crippen LogP contribution in [-0.4, -0.2) is 51.0 Å². The molecule has 1 aliphatic rings. The van der Waals surface area contributed by atoms with Crippen LogP contribution in [-0.2, 0) is 14.8 Å². The van der Waals surface area contributed by atoms with Crippen LogP contribution in [0.15, 0.2) is 47.4 Å². The van der Waals surface area contributed by atoms with Crippen molar-refractivity contribution in [2.75, 3.05) is 18.5 Å². The Morgan fingerprint density at radius 3 is 2.58 bits per heavy atom. The van der Waals surface area contributed by atoms with E-state index in [0.29, 0.717) is 19.3 Å². The fraction of sp³-hybridized carbons (Fsp3) is 0.381. The van der Waals surface area contributed by atoms with Gasteiger partial charge in [-0.2, -0.15) is 0 Å².